The van der Waals surface area contributed by atoms with Crippen molar-refractivity contribution in [3.63, 3.8) is 0 Å². The average molecular weight is 222 g/mol. The Hall–Kier alpha value is -1.17. The summed E-state index contributed by atoms with van der Waals surface area (Å²) >= 11 is 0.948. The molecule has 76 valence electrons. The normalized spacial score (nSPS) is 13.6. The lowest BCUT2D eigenvalue weighted by Crippen LogP contribution is -2.29. The fraction of sp³-hybridized carbons (Fsp3) is 0.250. The van der Waals surface area contributed by atoms with E-state index in [1.807, 2.05) is 0 Å². The molecule has 0 fully saturated rings. The summed E-state index contributed by atoms with van der Waals surface area (Å²) in [7, 11) is 0. The molecule has 1 aromatic heterocycles. The van der Waals surface area contributed by atoms with Crippen LogP contribution in [0.4, 0.5) is 13.2 Å². The lowest BCUT2D eigenvalue weighted by molar-refractivity contribution is -0.172. The number of Topliss-reactive ketones (excluding diaryl/α,β-unsaturated/α-hetero) is 1. The van der Waals surface area contributed by atoms with Crippen molar-refractivity contribution >= 4 is 23.4 Å². The second-order valence-corrected chi connectivity index (χ2v) is 3.47. The number of rotatable bonds is 3. The summed E-state index contributed by atoms with van der Waals surface area (Å²) in [4.78, 5) is 21.2. The highest BCUT2D eigenvalue weighted by molar-refractivity contribution is 7.10. The molecule has 14 heavy (non-hydrogen) atoms. The first-order valence-electron chi connectivity index (χ1n) is 3.56. The van der Waals surface area contributed by atoms with Crippen molar-refractivity contribution in [1.82, 2.24) is 0 Å². The van der Waals surface area contributed by atoms with Gasteiger partial charge in [-0.1, -0.05) is 6.07 Å². The van der Waals surface area contributed by atoms with Crippen molar-refractivity contribution < 1.29 is 22.8 Å². The van der Waals surface area contributed by atoms with Gasteiger partial charge in [-0.15, -0.1) is 11.3 Å². The van der Waals surface area contributed by atoms with E-state index in [-0.39, 0.29) is 11.2 Å². The smallest absolute Gasteiger partial charge is 0.302 e. The van der Waals surface area contributed by atoms with E-state index in [2.05, 4.69) is 0 Å². The average Bonchev–Trinajstić information content (AvgIpc) is 2.57. The quantitative estimate of drug-likeness (QED) is 0.580. The van der Waals surface area contributed by atoms with Gasteiger partial charge in [-0.25, -0.2) is 0 Å². The van der Waals surface area contributed by atoms with Crippen LogP contribution in [0.3, 0.4) is 0 Å². The number of hydrogen-bond acceptors (Lipinski definition) is 3. The van der Waals surface area contributed by atoms with Gasteiger partial charge in [-0.3, -0.25) is 4.79 Å². The summed E-state index contributed by atoms with van der Waals surface area (Å²) in [5.74, 6) is -3.73. The summed E-state index contributed by atoms with van der Waals surface area (Å²) in [6.07, 6.45) is -4.95. The minimum Gasteiger partial charge on any atom is -0.302 e. The summed E-state index contributed by atoms with van der Waals surface area (Å²) in [5, 5.41) is 1.51. The van der Waals surface area contributed by atoms with Crippen LogP contribution in [0.15, 0.2) is 17.5 Å². The van der Waals surface area contributed by atoms with E-state index < -0.39 is 17.9 Å². The molecule has 1 unspecified atom stereocenters. The molecule has 1 atom stereocenters. The number of thiophene rings is 1. The molecule has 0 N–H and O–H groups in total. The molecule has 1 rings (SSSR count). The van der Waals surface area contributed by atoms with Crippen LogP contribution in [0.25, 0.3) is 0 Å². The Morgan fingerprint density at radius 3 is 2.50 bits per heavy atom. The second kappa shape index (κ2) is 3.91. The fourth-order valence-corrected chi connectivity index (χ4v) is 1.68. The maximum atomic E-state index is 12.0. The van der Waals surface area contributed by atoms with E-state index >= 15 is 0 Å². The third-order valence-corrected chi connectivity index (χ3v) is 2.50. The minimum atomic E-state index is -4.96. The van der Waals surface area contributed by atoms with Gasteiger partial charge in [-0.2, -0.15) is 13.2 Å². The maximum Gasteiger partial charge on any atom is 0.451 e. The maximum absolute atomic E-state index is 12.0. The Labute approximate surface area is 81.4 Å². The van der Waals surface area contributed by atoms with Gasteiger partial charge in [0.05, 0.1) is 0 Å². The molecule has 0 aromatic carbocycles. The second-order valence-electron chi connectivity index (χ2n) is 2.49. The Morgan fingerprint density at radius 1 is 1.50 bits per heavy atom. The van der Waals surface area contributed by atoms with Gasteiger partial charge in [0.25, 0.3) is 5.78 Å². The first-order valence-corrected chi connectivity index (χ1v) is 4.44. The molecule has 1 aromatic rings. The lowest BCUT2D eigenvalue weighted by atomic mass is 10.0. The van der Waals surface area contributed by atoms with Crippen molar-refractivity contribution in [3.8, 4) is 0 Å². The third kappa shape index (κ3) is 2.20. The molecule has 0 aliphatic rings. The van der Waals surface area contributed by atoms with Crippen LogP contribution in [0, 0.1) is 0 Å². The van der Waals surface area contributed by atoms with Crippen LogP contribution < -0.4 is 0 Å². The van der Waals surface area contributed by atoms with Crippen molar-refractivity contribution in [2.75, 3.05) is 0 Å². The van der Waals surface area contributed by atoms with E-state index in [1.165, 1.54) is 17.5 Å². The third-order valence-electron chi connectivity index (χ3n) is 1.55. The topological polar surface area (TPSA) is 34.1 Å². The Morgan fingerprint density at radius 2 is 2.14 bits per heavy atom. The first-order chi connectivity index (χ1) is 6.46. The molecule has 0 saturated heterocycles. The number of alkyl halides is 3. The Bertz CT molecular complexity index is 329. The van der Waals surface area contributed by atoms with Gasteiger partial charge in [0.1, 0.15) is 12.2 Å². The molecule has 0 saturated carbocycles. The fourth-order valence-electron chi connectivity index (χ4n) is 0.903. The SMILES string of the molecule is O=CC(C(=O)C(F)(F)F)c1cccs1. The van der Waals surface area contributed by atoms with Crippen LogP contribution in [0.2, 0.25) is 0 Å². The number of carbonyl (C=O) groups is 2. The molecule has 0 spiro atoms. The highest BCUT2D eigenvalue weighted by atomic mass is 32.1. The highest BCUT2D eigenvalue weighted by Gasteiger charge is 2.44. The molecule has 0 bridgehead atoms. The molecule has 0 radical (unpaired) electrons. The van der Waals surface area contributed by atoms with E-state index in [0.29, 0.717) is 0 Å². The van der Waals surface area contributed by atoms with Crippen molar-refractivity contribution in [1.29, 1.82) is 0 Å². The minimum absolute atomic E-state index is 0.0155. The zero-order chi connectivity index (χ0) is 10.8. The van der Waals surface area contributed by atoms with Crippen LogP contribution in [-0.2, 0) is 9.59 Å². The molecule has 0 amide bonds. The predicted molar refractivity (Wildman–Crippen MR) is 44.2 cm³/mol. The molecule has 6 heteroatoms. The highest BCUT2D eigenvalue weighted by Crippen LogP contribution is 2.28. The van der Waals surface area contributed by atoms with E-state index in [0.717, 1.165) is 11.3 Å². The number of carbonyl (C=O) groups excluding carboxylic acids is 2. The van der Waals surface area contributed by atoms with Crippen LogP contribution in [0.1, 0.15) is 10.8 Å². The van der Waals surface area contributed by atoms with Gasteiger partial charge >= 0.3 is 6.18 Å². The van der Waals surface area contributed by atoms with Crippen molar-refractivity contribution in [2.45, 2.75) is 12.1 Å². The van der Waals surface area contributed by atoms with Gasteiger partial charge in [-0.05, 0) is 11.4 Å². The van der Waals surface area contributed by atoms with Gasteiger partial charge in [0.15, 0.2) is 0 Å². The van der Waals surface area contributed by atoms with Crippen molar-refractivity contribution in [2.24, 2.45) is 0 Å². The van der Waals surface area contributed by atoms with Gasteiger partial charge in [0, 0.05) is 4.88 Å². The van der Waals surface area contributed by atoms with Gasteiger partial charge < -0.3 is 4.79 Å². The standard InChI is InChI=1S/C8H5F3O2S/c9-8(10,11)7(13)5(4-12)6-2-1-3-14-6/h1-5H. The summed E-state index contributed by atoms with van der Waals surface area (Å²) < 4.78 is 35.9. The van der Waals surface area contributed by atoms with Crippen molar-refractivity contribution in [3.05, 3.63) is 22.4 Å². The van der Waals surface area contributed by atoms with E-state index in [1.54, 1.807) is 0 Å². The number of ketones is 1. The van der Waals surface area contributed by atoms with Crippen LogP contribution in [-0.4, -0.2) is 18.2 Å². The zero-order valence-corrected chi connectivity index (χ0v) is 7.56. The van der Waals surface area contributed by atoms with Crippen LogP contribution >= 0.6 is 11.3 Å². The Kier molecular flexibility index (Phi) is 3.05. The van der Waals surface area contributed by atoms with E-state index in [4.69, 9.17) is 0 Å². The summed E-state index contributed by atoms with van der Waals surface area (Å²) in [5.41, 5.74) is 0. The summed E-state index contributed by atoms with van der Waals surface area (Å²) in [6.45, 7) is 0. The summed E-state index contributed by atoms with van der Waals surface area (Å²) in [6, 6.07) is 2.81. The number of hydrogen-bond donors (Lipinski definition) is 0. The lowest BCUT2D eigenvalue weighted by Gasteiger charge is -2.09. The molecular weight excluding hydrogens is 217 g/mol. The molecule has 1 heterocycles. The molecule has 0 aliphatic heterocycles. The molecular formula is C8H5F3O2S. The van der Waals surface area contributed by atoms with Gasteiger partial charge in [0.2, 0.25) is 0 Å². The zero-order valence-electron chi connectivity index (χ0n) is 6.75. The number of halogens is 3. The van der Waals surface area contributed by atoms with Crippen LogP contribution in [0.5, 0.6) is 0 Å². The monoisotopic (exact) mass is 222 g/mol. The first kappa shape index (κ1) is 10.9. The van der Waals surface area contributed by atoms with E-state index in [9.17, 15) is 22.8 Å². The predicted octanol–water partition coefficient (Wildman–Crippen LogP) is 2.16. The largest absolute Gasteiger partial charge is 0.451 e. The molecule has 2 nitrogen and oxygen atoms in total. The number of aldehydes is 1. The Balaban J connectivity index is 2.94. The molecule has 0 aliphatic carbocycles.